The van der Waals surface area contributed by atoms with E-state index in [4.69, 9.17) is 4.74 Å². The Morgan fingerprint density at radius 1 is 1.21 bits per heavy atom. The molecule has 78 valence electrons. The van der Waals surface area contributed by atoms with E-state index in [0.29, 0.717) is 13.2 Å². The molecule has 1 N–H and O–H groups in total. The predicted molar refractivity (Wildman–Crippen MR) is 46.7 cm³/mol. The monoisotopic (exact) mass is 205 g/mol. The van der Waals surface area contributed by atoms with Crippen molar-refractivity contribution in [1.82, 2.24) is 0 Å². The Kier molecular flexibility index (Phi) is 3.76. The largest absolute Gasteiger partial charge is 0.383 e. The number of nitrogens with one attached hydrogen (secondary N) is 1. The molecule has 14 heavy (non-hydrogen) atoms. The summed E-state index contributed by atoms with van der Waals surface area (Å²) in [6.07, 6.45) is 0. The summed E-state index contributed by atoms with van der Waals surface area (Å²) in [4.78, 5) is 0. The second kappa shape index (κ2) is 4.85. The van der Waals surface area contributed by atoms with Crippen LogP contribution >= 0.6 is 0 Å². The van der Waals surface area contributed by atoms with Gasteiger partial charge in [-0.3, -0.25) is 0 Å². The number of ether oxygens (including phenoxy) is 1. The molecule has 0 amide bonds. The van der Waals surface area contributed by atoms with Crippen molar-refractivity contribution in [2.45, 2.75) is 0 Å². The minimum atomic E-state index is -1.46. The van der Waals surface area contributed by atoms with Crippen LogP contribution in [0.25, 0.3) is 0 Å². The lowest BCUT2D eigenvalue weighted by molar-refractivity contribution is 0.210. The van der Waals surface area contributed by atoms with Gasteiger partial charge in [0.2, 0.25) is 0 Å². The maximum Gasteiger partial charge on any atom is 0.194 e. The number of halogens is 3. The number of benzene rings is 1. The Balaban J connectivity index is 2.69. The Hall–Kier alpha value is -1.23. The summed E-state index contributed by atoms with van der Waals surface area (Å²) in [5.74, 6) is -3.86. The first-order chi connectivity index (χ1) is 6.65. The van der Waals surface area contributed by atoms with E-state index in [1.807, 2.05) is 0 Å². The highest BCUT2D eigenvalue weighted by molar-refractivity contribution is 5.43. The van der Waals surface area contributed by atoms with E-state index in [9.17, 15) is 13.2 Å². The maximum absolute atomic E-state index is 12.7. The minimum absolute atomic E-state index is 0.193. The molecule has 0 heterocycles. The van der Waals surface area contributed by atoms with Crippen molar-refractivity contribution in [2.75, 3.05) is 25.6 Å². The van der Waals surface area contributed by atoms with Crippen LogP contribution in [0.5, 0.6) is 0 Å². The lowest BCUT2D eigenvalue weighted by Gasteiger charge is -2.06. The topological polar surface area (TPSA) is 21.3 Å². The molecule has 0 aliphatic rings. The molecular weight excluding hydrogens is 195 g/mol. The fourth-order valence-electron chi connectivity index (χ4n) is 0.955. The Morgan fingerprint density at radius 2 is 1.79 bits per heavy atom. The van der Waals surface area contributed by atoms with Gasteiger partial charge in [-0.2, -0.15) is 0 Å². The van der Waals surface area contributed by atoms with Gasteiger partial charge in [0, 0.05) is 31.5 Å². The number of hydrogen-bond acceptors (Lipinski definition) is 2. The fraction of sp³-hybridized carbons (Fsp3) is 0.333. The molecular formula is C9H10F3NO. The summed E-state index contributed by atoms with van der Waals surface area (Å²) in [5.41, 5.74) is 0.193. The minimum Gasteiger partial charge on any atom is -0.383 e. The van der Waals surface area contributed by atoms with Gasteiger partial charge in [0.15, 0.2) is 17.5 Å². The van der Waals surface area contributed by atoms with Gasteiger partial charge in [-0.15, -0.1) is 0 Å². The molecule has 0 saturated carbocycles. The lowest BCUT2D eigenvalue weighted by Crippen LogP contribution is -2.08. The normalized spacial score (nSPS) is 10.3. The van der Waals surface area contributed by atoms with Crippen molar-refractivity contribution in [2.24, 2.45) is 0 Å². The summed E-state index contributed by atoms with van der Waals surface area (Å²) in [6.45, 7) is 0.807. The Labute approximate surface area is 79.7 Å². The second-order valence-electron chi connectivity index (χ2n) is 2.67. The van der Waals surface area contributed by atoms with Crippen LogP contribution in [0, 0.1) is 17.5 Å². The highest BCUT2D eigenvalue weighted by atomic mass is 19.2. The van der Waals surface area contributed by atoms with E-state index < -0.39 is 17.5 Å². The third kappa shape index (κ3) is 2.63. The molecule has 0 spiro atoms. The summed E-state index contributed by atoms with van der Waals surface area (Å²) in [7, 11) is 1.51. The van der Waals surface area contributed by atoms with Gasteiger partial charge in [0.1, 0.15) is 0 Å². The molecule has 0 unspecified atom stereocenters. The smallest absolute Gasteiger partial charge is 0.194 e. The van der Waals surface area contributed by atoms with Gasteiger partial charge in [0.05, 0.1) is 6.61 Å². The molecule has 1 rings (SSSR count). The predicted octanol–water partition coefficient (Wildman–Crippen LogP) is 2.16. The van der Waals surface area contributed by atoms with Crippen LogP contribution in [-0.4, -0.2) is 20.3 Å². The van der Waals surface area contributed by atoms with Crippen molar-refractivity contribution >= 4 is 5.69 Å². The molecule has 0 fully saturated rings. The molecule has 0 bridgehead atoms. The zero-order valence-corrected chi connectivity index (χ0v) is 7.61. The van der Waals surface area contributed by atoms with E-state index in [1.54, 1.807) is 0 Å². The highest BCUT2D eigenvalue weighted by Gasteiger charge is 2.09. The highest BCUT2D eigenvalue weighted by Crippen LogP contribution is 2.16. The fourth-order valence-corrected chi connectivity index (χ4v) is 0.955. The van der Waals surface area contributed by atoms with Crippen LogP contribution in [0.2, 0.25) is 0 Å². The number of anilines is 1. The number of rotatable bonds is 4. The van der Waals surface area contributed by atoms with Gasteiger partial charge in [-0.05, 0) is 0 Å². The van der Waals surface area contributed by atoms with E-state index in [2.05, 4.69) is 5.32 Å². The SMILES string of the molecule is COCCNc1cc(F)c(F)c(F)c1. The number of hydrogen-bond donors (Lipinski definition) is 1. The third-order valence-electron chi connectivity index (χ3n) is 1.62. The lowest BCUT2D eigenvalue weighted by atomic mass is 10.3. The first kappa shape index (κ1) is 10.8. The standard InChI is InChI=1S/C9H10F3NO/c1-14-3-2-13-6-4-7(10)9(12)8(11)5-6/h4-5,13H,2-3H2,1H3. The molecule has 1 aromatic carbocycles. The van der Waals surface area contributed by atoms with Crippen LogP contribution in [0.1, 0.15) is 0 Å². The molecule has 2 nitrogen and oxygen atoms in total. The summed E-state index contributed by atoms with van der Waals surface area (Å²) >= 11 is 0. The molecule has 0 radical (unpaired) electrons. The zero-order valence-electron chi connectivity index (χ0n) is 7.61. The molecule has 0 aliphatic heterocycles. The van der Waals surface area contributed by atoms with Crippen molar-refractivity contribution in [3.05, 3.63) is 29.6 Å². The summed E-state index contributed by atoms with van der Waals surface area (Å²) < 4.78 is 42.5. The van der Waals surface area contributed by atoms with E-state index in [1.165, 1.54) is 7.11 Å². The van der Waals surface area contributed by atoms with Gasteiger partial charge in [0.25, 0.3) is 0 Å². The molecule has 0 saturated heterocycles. The van der Waals surface area contributed by atoms with Crippen LogP contribution in [0.3, 0.4) is 0 Å². The second-order valence-corrected chi connectivity index (χ2v) is 2.67. The van der Waals surface area contributed by atoms with E-state index in [-0.39, 0.29) is 5.69 Å². The quantitative estimate of drug-likeness (QED) is 0.600. The zero-order chi connectivity index (χ0) is 10.6. The van der Waals surface area contributed by atoms with Crippen LogP contribution in [0.4, 0.5) is 18.9 Å². The van der Waals surface area contributed by atoms with Crippen molar-refractivity contribution in [3.8, 4) is 0 Å². The summed E-state index contributed by atoms with van der Waals surface area (Å²) in [6, 6.07) is 1.79. The average Bonchev–Trinajstić information content (AvgIpc) is 2.14. The molecule has 5 heteroatoms. The van der Waals surface area contributed by atoms with Crippen LogP contribution in [-0.2, 0) is 4.74 Å². The number of methoxy groups -OCH3 is 1. The maximum atomic E-state index is 12.7. The third-order valence-corrected chi connectivity index (χ3v) is 1.62. The Morgan fingerprint density at radius 3 is 2.29 bits per heavy atom. The first-order valence-corrected chi connectivity index (χ1v) is 4.02. The van der Waals surface area contributed by atoms with Crippen molar-refractivity contribution in [3.63, 3.8) is 0 Å². The van der Waals surface area contributed by atoms with Gasteiger partial charge in [-0.25, -0.2) is 13.2 Å². The van der Waals surface area contributed by atoms with Crippen molar-refractivity contribution < 1.29 is 17.9 Å². The van der Waals surface area contributed by atoms with Gasteiger partial charge >= 0.3 is 0 Å². The molecule has 1 aromatic rings. The van der Waals surface area contributed by atoms with E-state index >= 15 is 0 Å². The van der Waals surface area contributed by atoms with E-state index in [0.717, 1.165) is 12.1 Å². The first-order valence-electron chi connectivity index (χ1n) is 4.02. The Bertz CT molecular complexity index is 294. The van der Waals surface area contributed by atoms with Crippen molar-refractivity contribution in [1.29, 1.82) is 0 Å². The van der Waals surface area contributed by atoms with Gasteiger partial charge in [-0.1, -0.05) is 0 Å². The summed E-state index contributed by atoms with van der Waals surface area (Å²) in [5, 5.41) is 2.68. The molecule has 0 aliphatic carbocycles. The molecule has 0 aromatic heterocycles. The molecule has 0 atom stereocenters. The van der Waals surface area contributed by atoms with Gasteiger partial charge < -0.3 is 10.1 Å². The average molecular weight is 205 g/mol. The van der Waals surface area contributed by atoms with Crippen LogP contribution in [0.15, 0.2) is 12.1 Å². The van der Waals surface area contributed by atoms with Crippen LogP contribution < -0.4 is 5.32 Å².